The minimum atomic E-state index is 1.92. The molecule has 0 saturated heterocycles. The molecule has 0 saturated carbocycles. The van der Waals surface area contributed by atoms with Crippen LogP contribution in [0.25, 0.3) is 0 Å². The van der Waals surface area contributed by atoms with Crippen LogP contribution in [-0.2, 0) is 0 Å². The third-order valence-electron chi connectivity index (χ3n) is 0.667. The summed E-state index contributed by atoms with van der Waals surface area (Å²) in [4.78, 5) is 0. The zero-order valence-electron chi connectivity index (χ0n) is 4.78. The summed E-state index contributed by atoms with van der Waals surface area (Å²) >= 11 is 7.92. The first-order valence-electron chi connectivity index (χ1n) is 2.41. The Kier molecular flexibility index (Phi) is 6.98. The zero-order chi connectivity index (χ0) is 6.95. The normalized spacial score (nSPS) is 6.22. The van der Waals surface area contributed by atoms with E-state index in [4.69, 9.17) is 0 Å². The van der Waals surface area contributed by atoms with Gasteiger partial charge in [0, 0.05) is 4.31 Å². The van der Waals surface area contributed by atoms with Crippen LogP contribution in [0.4, 0.5) is 0 Å². The third-order valence-corrected chi connectivity index (χ3v) is 0.667. The van der Waals surface area contributed by atoms with E-state index in [0.29, 0.717) is 0 Å². The van der Waals surface area contributed by atoms with Crippen molar-refractivity contribution in [1.82, 2.24) is 0 Å². The molecule has 0 aliphatic heterocycles. The summed E-state index contributed by atoms with van der Waals surface area (Å²) in [6.07, 6.45) is 0. The standard InChI is InChI=1S/C6H6.CS2/c1-2-4-6-5-3-1;2-1-3/h1-6H;. The van der Waals surface area contributed by atoms with E-state index in [0.717, 1.165) is 0 Å². The molecule has 46 valence electrons. The van der Waals surface area contributed by atoms with Gasteiger partial charge in [-0.05, 0) is 24.4 Å². The molecule has 0 atom stereocenters. The highest BCUT2D eigenvalue weighted by Gasteiger charge is 1.57. The second-order valence-electron chi connectivity index (χ2n) is 1.24. The number of hydrogen-bond donors (Lipinski definition) is 0. The van der Waals surface area contributed by atoms with Gasteiger partial charge in [0.25, 0.3) is 0 Å². The van der Waals surface area contributed by atoms with Crippen molar-refractivity contribution < 1.29 is 0 Å². The Morgan fingerprint density at radius 2 is 0.778 bits per heavy atom. The number of hydrogen-bond acceptors (Lipinski definition) is 2. The van der Waals surface area contributed by atoms with Crippen molar-refractivity contribution in [3.05, 3.63) is 36.4 Å². The molecule has 0 nitrogen and oxygen atoms in total. The maximum Gasteiger partial charge on any atom is 0.0297 e. The molecule has 0 aliphatic rings. The lowest BCUT2D eigenvalue weighted by Gasteiger charge is -1.69. The van der Waals surface area contributed by atoms with Crippen LogP contribution in [0.3, 0.4) is 0 Å². The van der Waals surface area contributed by atoms with Gasteiger partial charge in [-0.15, -0.1) is 0 Å². The van der Waals surface area contributed by atoms with E-state index in [1.54, 1.807) is 0 Å². The van der Waals surface area contributed by atoms with Crippen molar-refractivity contribution >= 4 is 28.7 Å². The Bertz CT molecular complexity index is 137. The summed E-state index contributed by atoms with van der Waals surface area (Å²) in [6.45, 7) is 0. The molecule has 0 radical (unpaired) electrons. The van der Waals surface area contributed by atoms with Gasteiger partial charge in [-0.2, -0.15) is 0 Å². The van der Waals surface area contributed by atoms with E-state index in [2.05, 4.69) is 24.4 Å². The molecule has 0 aliphatic carbocycles. The van der Waals surface area contributed by atoms with E-state index < -0.39 is 0 Å². The van der Waals surface area contributed by atoms with Crippen molar-refractivity contribution in [2.24, 2.45) is 0 Å². The highest BCUT2D eigenvalue weighted by atomic mass is 32.1. The molecule has 9 heavy (non-hydrogen) atoms. The van der Waals surface area contributed by atoms with E-state index in [1.807, 2.05) is 40.7 Å². The maximum atomic E-state index is 3.96. The lowest BCUT2D eigenvalue weighted by molar-refractivity contribution is 1.72. The minimum Gasteiger partial charge on any atom is -0.0623 e. The number of thiocarbonyl (C=S) groups is 2. The van der Waals surface area contributed by atoms with Gasteiger partial charge >= 0.3 is 0 Å². The molecule has 0 spiro atoms. The Morgan fingerprint density at radius 1 is 0.667 bits per heavy atom. The van der Waals surface area contributed by atoms with Gasteiger partial charge in [0.05, 0.1) is 0 Å². The quantitative estimate of drug-likeness (QED) is 0.527. The first-order valence-corrected chi connectivity index (χ1v) is 3.22. The van der Waals surface area contributed by atoms with Crippen LogP contribution in [-0.4, -0.2) is 4.31 Å². The number of benzene rings is 1. The zero-order valence-corrected chi connectivity index (χ0v) is 6.41. The van der Waals surface area contributed by atoms with Gasteiger partial charge in [0.2, 0.25) is 0 Å². The average molecular weight is 154 g/mol. The maximum absolute atomic E-state index is 3.96. The van der Waals surface area contributed by atoms with E-state index in [1.165, 1.54) is 0 Å². The molecule has 0 amide bonds. The summed E-state index contributed by atoms with van der Waals surface area (Å²) in [7, 11) is 0. The lowest BCUT2D eigenvalue weighted by atomic mass is 10.4. The predicted octanol–water partition coefficient (Wildman–Crippen LogP) is 2.70. The monoisotopic (exact) mass is 154 g/mol. The molecule has 0 heterocycles. The Labute approximate surface area is 65.5 Å². The Balaban J connectivity index is 0.000000187. The molecule has 1 aromatic rings. The van der Waals surface area contributed by atoms with Crippen LogP contribution in [0, 0.1) is 0 Å². The van der Waals surface area contributed by atoms with Crippen LogP contribution in [0.5, 0.6) is 0 Å². The SMILES string of the molecule is S=C=S.c1ccccc1. The summed E-state index contributed by atoms with van der Waals surface area (Å²) in [6, 6.07) is 12.0. The molecular weight excluding hydrogens is 148 g/mol. The summed E-state index contributed by atoms with van der Waals surface area (Å²) in [5.41, 5.74) is 0. The smallest absolute Gasteiger partial charge is 0.0297 e. The van der Waals surface area contributed by atoms with Crippen LogP contribution in [0.2, 0.25) is 0 Å². The van der Waals surface area contributed by atoms with Gasteiger partial charge in [-0.25, -0.2) is 0 Å². The van der Waals surface area contributed by atoms with Crippen molar-refractivity contribution in [1.29, 1.82) is 0 Å². The average Bonchev–Trinajstić information content (AvgIpc) is 1.93. The molecule has 0 fully saturated rings. The summed E-state index contributed by atoms with van der Waals surface area (Å²) in [5.74, 6) is 0. The molecule has 0 bridgehead atoms. The van der Waals surface area contributed by atoms with Crippen molar-refractivity contribution in [3.8, 4) is 0 Å². The van der Waals surface area contributed by atoms with Crippen molar-refractivity contribution in [2.45, 2.75) is 0 Å². The van der Waals surface area contributed by atoms with Crippen LogP contribution in [0.15, 0.2) is 36.4 Å². The van der Waals surface area contributed by atoms with Crippen molar-refractivity contribution in [3.63, 3.8) is 0 Å². The van der Waals surface area contributed by atoms with Crippen LogP contribution in [0.1, 0.15) is 0 Å². The highest BCUT2D eigenvalue weighted by Crippen LogP contribution is 1.79. The Morgan fingerprint density at radius 3 is 0.889 bits per heavy atom. The topological polar surface area (TPSA) is 0 Å². The molecule has 0 unspecified atom stereocenters. The summed E-state index contributed by atoms with van der Waals surface area (Å²) in [5, 5.41) is 0. The van der Waals surface area contributed by atoms with Gasteiger partial charge in [0.1, 0.15) is 0 Å². The predicted molar refractivity (Wildman–Crippen MR) is 46.6 cm³/mol. The van der Waals surface area contributed by atoms with Crippen LogP contribution < -0.4 is 0 Å². The third kappa shape index (κ3) is 7.44. The Hall–Kier alpha value is -0.560. The van der Waals surface area contributed by atoms with Gasteiger partial charge in [0.15, 0.2) is 0 Å². The number of rotatable bonds is 0. The minimum absolute atomic E-state index is 1.92. The van der Waals surface area contributed by atoms with E-state index >= 15 is 0 Å². The van der Waals surface area contributed by atoms with E-state index in [9.17, 15) is 0 Å². The van der Waals surface area contributed by atoms with Gasteiger partial charge < -0.3 is 0 Å². The fourth-order valence-electron chi connectivity index (χ4n) is 0.385. The van der Waals surface area contributed by atoms with Crippen molar-refractivity contribution in [2.75, 3.05) is 0 Å². The second-order valence-corrected chi connectivity index (χ2v) is 1.90. The lowest BCUT2D eigenvalue weighted by Crippen LogP contribution is -1.47. The van der Waals surface area contributed by atoms with Gasteiger partial charge in [-0.1, -0.05) is 36.4 Å². The molecule has 0 aromatic heterocycles. The van der Waals surface area contributed by atoms with Crippen LogP contribution >= 0.6 is 24.4 Å². The molecule has 0 N–H and O–H groups in total. The molecule has 1 aromatic carbocycles. The highest BCUT2D eigenvalue weighted by molar-refractivity contribution is 7.93. The first kappa shape index (κ1) is 8.44. The fourth-order valence-corrected chi connectivity index (χ4v) is 0.385. The molecule has 2 heteroatoms. The fraction of sp³-hybridized carbons (Fsp3) is 0. The summed E-state index contributed by atoms with van der Waals surface area (Å²) < 4.78 is 1.92. The largest absolute Gasteiger partial charge is 0.0623 e. The first-order chi connectivity index (χ1) is 4.41. The molecular formula is C7H6S2. The second kappa shape index (κ2) is 7.44. The van der Waals surface area contributed by atoms with Gasteiger partial charge in [-0.3, -0.25) is 0 Å². The molecule has 1 rings (SSSR count). The van der Waals surface area contributed by atoms with E-state index in [-0.39, 0.29) is 0 Å².